The van der Waals surface area contributed by atoms with E-state index >= 15 is 0 Å². The molecule has 0 aliphatic rings. The zero-order chi connectivity index (χ0) is 18.4. The molecule has 0 saturated carbocycles. The Balaban J connectivity index is 2.04. The highest BCUT2D eigenvalue weighted by Crippen LogP contribution is 2.29. The topological polar surface area (TPSA) is 67.9 Å². The van der Waals surface area contributed by atoms with Crippen LogP contribution in [0.5, 0.6) is 11.5 Å². The van der Waals surface area contributed by atoms with Crippen LogP contribution in [-0.4, -0.2) is 33.1 Å². The molecule has 0 aromatic heterocycles. The van der Waals surface area contributed by atoms with Gasteiger partial charge in [-0.15, -0.1) is 0 Å². The van der Waals surface area contributed by atoms with Gasteiger partial charge in [0.15, 0.2) is 0 Å². The Labute approximate surface area is 147 Å². The highest BCUT2D eigenvalue weighted by atomic mass is 16.5. The van der Waals surface area contributed by atoms with Crippen LogP contribution < -0.4 is 19.7 Å². The van der Waals surface area contributed by atoms with Crippen LogP contribution in [0.1, 0.15) is 12.5 Å². The number of nitrogens with zero attached hydrogens (tertiary/aromatic N) is 1. The first kappa shape index (κ1) is 18.3. The Hall–Kier alpha value is -3.02. The molecule has 0 aliphatic heterocycles. The van der Waals surface area contributed by atoms with Gasteiger partial charge in [0.2, 0.25) is 11.8 Å². The smallest absolute Gasteiger partial charge is 0.228 e. The van der Waals surface area contributed by atoms with Crippen molar-refractivity contribution in [3.8, 4) is 11.5 Å². The summed E-state index contributed by atoms with van der Waals surface area (Å²) in [7, 11) is 4.81. The normalized spacial score (nSPS) is 10.1. The average molecular weight is 342 g/mol. The van der Waals surface area contributed by atoms with Gasteiger partial charge in [-0.3, -0.25) is 9.59 Å². The summed E-state index contributed by atoms with van der Waals surface area (Å²) < 4.78 is 10.4. The fourth-order valence-electron chi connectivity index (χ4n) is 2.30. The van der Waals surface area contributed by atoms with Crippen molar-refractivity contribution in [1.29, 1.82) is 0 Å². The van der Waals surface area contributed by atoms with Crippen molar-refractivity contribution in [3.63, 3.8) is 0 Å². The molecule has 2 amide bonds. The van der Waals surface area contributed by atoms with Crippen molar-refractivity contribution in [2.75, 3.05) is 31.5 Å². The second-order valence-corrected chi connectivity index (χ2v) is 5.54. The molecule has 0 heterocycles. The average Bonchev–Trinajstić information content (AvgIpc) is 2.61. The Morgan fingerprint density at radius 2 is 1.72 bits per heavy atom. The van der Waals surface area contributed by atoms with E-state index < -0.39 is 0 Å². The lowest BCUT2D eigenvalue weighted by atomic mass is 10.1. The molecule has 0 fully saturated rings. The number of hydrogen-bond donors (Lipinski definition) is 1. The SMILES string of the molecule is COc1ccc(NC(=O)Cc2ccc(N(C)C(C)=O)cc2)c(OC)c1. The molecule has 2 aromatic rings. The van der Waals surface area contributed by atoms with Crippen molar-refractivity contribution in [2.45, 2.75) is 13.3 Å². The van der Waals surface area contributed by atoms with Crippen LogP contribution in [0.15, 0.2) is 42.5 Å². The predicted molar refractivity (Wildman–Crippen MR) is 97.4 cm³/mol. The summed E-state index contributed by atoms with van der Waals surface area (Å²) in [6.07, 6.45) is 0.221. The highest BCUT2D eigenvalue weighted by molar-refractivity contribution is 5.94. The van der Waals surface area contributed by atoms with Crippen LogP contribution in [0, 0.1) is 0 Å². The second-order valence-electron chi connectivity index (χ2n) is 5.54. The van der Waals surface area contributed by atoms with Crippen molar-refractivity contribution in [2.24, 2.45) is 0 Å². The number of benzene rings is 2. The van der Waals surface area contributed by atoms with Crippen LogP contribution in [0.2, 0.25) is 0 Å². The molecule has 0 saturated heterocycles. The monoisotopic (exact) mass is 342 g/mol. The maximum Gasteiger partial charge on any atom is 0.228 e. The van der Waals surface area contributed by atoms with Gasteiger partial charge < -0.3 is 19.7 Å². The van der Waals surface area contributed by atoms with Crippen molar-refractivity contribution in [1.82, 2.24) is 0 Å². The van der Waals surface area contributed by atoms with Gasteiger partial charge in [0.25, 0.3) is 0 Å². The number of rotatable bonds is 6. The van der Waals surface area contributed by atoms with Gasteiger partial charge in [0.1, 0.15) is 11.5 Å². The number of carbonyl (C=O) groups excluding carboxylic acids is 2. The quantitative estimate of drug-likeness (QED) is 0.876. The van der Waals surface area contributed by atoms with E-state index in [0.717, 1.165) is 11.3 Å². The molecule has 132 valence electrons. The number of nitrogens with one attached hydrogen (secondary N) is 1. The van der Waals surface area contributed by atoms with Gasteiger partial charge in [0, 0.05) is 25.7 Å². The first-order chi connectivity index (χ1) is 11.9. The number of carbonyl (C=O) groups is 2. The zero-order valence-electron chi connectivity index (χ0n) is 14.8. The molecular formula is C19H22N2O4. The Bertz CT molecular complexity index is 757. The Kier molecular flexibility index (Phi) is 6.00. The largest absolute Gasteiger partial charge is 0.497 e. The van der Waals surface area contributed by atoms with E-state index in [1.165, 1.54) is 14.0 Å². The van der Waals surface area contributed by atoms with Gasteiger partial charge in [-0.2, -0.15) is 0 Å². The summed E-state index contributed by atoms with van der Waals surface area (Å²) in [6, 6.07) is 12.5. The van der Waals surface area contributed by atoms with Crippen LogP contribution in [0.3, 0.4) is 0 Å². The molecule has 0 unspecified atom stereocenters. The summed E-state index contributed by atoms with van der Waals surface area (Å²) in [5, 5.41) is 2.83. The van der Waals surface area contributed by atoms with Gasteiger partial charge in [-0.1, -0.05) is 12.1 Å². The molecule has 0 bridgehead atoms. The van der Waals surface area contributed by atoms with E-state index in [9.17, 15) is 9.59 Å². The fraction of sp³-hybridized carbons (Fsp3) is 0.263. The van der Waals surface area contributed by atoms with Crippen molar-refractivity contribution in [3.05, 3.63) is 48.0 Å². The van der Waals surface area contributed by atoms with E-state index in [0.29, 0.717) is 17.2 Å². The molecule has 0 aliphatic carbocycles. The van der Waals surface area contributed by atoms with Crippen LogP contribution >= 0.6 is 0 Å². The number of amides is 2. The van der Waals surface area contributed by atoms with E-state index in [1.807, 2.05) is 24.3 Å². The van der Waals surface area contributed by atoms with E-state index in [4.69, 9.17) is 9.47 Å². The number of ether oxygens (including phenoxy) is 2. The molecule has 25 heavy (non-hydrogen) atoms. The molecule has 0 radical (unpaired) electrons. The molecule has 6 heteroatoms. The first-order valence-corrected chi connectivity index (χ1v) is 7.79. The highest BCUT2D eigenvalue weighted by Gasteiger charge is 2.10. The molecule has 0 atom stereocenters. The van der Waals surface area contributed by atoms with E-state index in [1.54, 1.807) is 37.3 Å². The lowest BCUT2D eigenvalue weighted by Crippen LogP contribution is -2.22. The third kappa shape index (κ3) is 4.73. The van der Waals surface area contributed by atoms with Crippen molar-refractivity contribution < 1.29 is 19.1 Å². The Morgan fingerprint density at radius 1 is 1.04 bits per heavy atom. The maximum absolute atomic E-state index is 12.3. The minimum absolute atomic E-state index is 0.0444. The lowest BCUT2D eigenvalue weighted by Gasteiger charge is -2.15. The third-order valence-electron chi connectivity index (χ3n) is 3.84. The molecule has 2 aromatic carbocycles. The lowest BCUT2D eigenvalue weighted by molar-refractivity contribution is -0.116. The maximum atomic E-state index is 12.3. The summed E-state index contributed by atoms with van der Waals surface area (Å²) >= 11 is 0. The van der Waals surface area contributed by atoms with Crippen molar-refractivity contribution >= 4 is 23.2 Å². The summed E-state index contributed by atoms with van der Waals surface area (Å²) in [4.78, 5) is 25.2. The van der Waals surface area contributed by atoms with Gasteiger partial charge in [0.05, 0.1) is 26.3 Å². The van der Waals surface area contributed by atoms with Gasteiger partial charge in [-0.05, 0) is 29.8 Å². The summed E-state index contributed by atoms with van der Waals surface area (Å²) in [6.45, 7) is 1.50. The summed E-state index contributed by atoms with van der Waals surface area (Å²) in [5.74, 6) is 0.986. The fourth-order valence-corrected chi connectivity index (χ4v) is 2.30. The predicted octanol–water partition coefficient (Wildman–Crippen LogP) is 2.87. The van der Waals surface area contributed by atoms with Crippen LogP contribution in [0.4, 0.5) is 11.4 Å². The second kappa shape index (κ2) is 8.19. The zero-order valence-corrected chi connectivity index (χ0v) is 14.8. The first-order valence-electron chi connectivity index (χ1n) is 7.79. The van der Waals surface area contributed by atoms with E-state index in [-0.39, 0.29) is 18.2 Å². The molecule has 0 spiro atoms. The number of hydrogen-bond acceptors (Lipinski definition) is 4. The minimum Gasteiger partial charge on any atom is -0.497 e. The van der Waals surface area contributed by atoms with Gasteiger partial charge in [-0.25, -0.2) is 0 Å². The number of methoxy groups -OCH3 is 2. The Morgan fingerprint density at radius 3 is 2.28 bits per heavy atom. The number of anilines is 2. The minimum atomic E-state index is -0.156. The molecular weight excluding hydrogens is 320 g/mol. The van der Waals surface area contributed by atoms with Gasteiger partial charge >= 0.3 is 0 Å². The third-order valence-corrected chi connectivity index (χ3v) is 3.84. The van der Waals surface area contributed by atoms with Crippen LogP contribution in [0.25, 0.3) is 0 Å². The molecule has 6 nitrogen and oxygen atoms in total. The van der Waals surface area contributed by atoms with E-state index in [2.05, 4.69) is 5.32 Å². The molecule has 1 N–H and O–H groups in total. The standard InChI is InChI=1S/C19H22N2O4/c1-13(22)21(2)15-7-5-14(6-8-15)11-19(23)20-17-10-9-16(24-3)12-18(17)25-4/h5-10,12H,11H2,1-4H3,(H,20,23). The van der Waals surface area contributed by atoms with Crippen LogP contribution in [-0.2, 0) is 16.0 Å². The summed E-state index contributed by atoms with van der Waals surface area (Å²) in [5.41, 5.74) is 2.22. The molecule has 2 rings (SSSR count).